The molecular weight excluding hydrogens is 382 g/mol. The largest absolute Gasteiger partial charge is 0.383 e. The summed E-state index contributed by atoms with van der Waals surface area (Å²) in [5.74, 6) is 1.13. The van der Waals surface area contributed by atoms with Crippen LogP contribution in [0, 0.1) is 18.8 Å². The van der Waals surface area contributed by atoms with E-state index >= 15 is 0 Å². The molecule has 162 valence electrons. The number of hydrogen-bond donors (Lipinski definition) is 2. The van der Waals surface area contributed by atoms with Gasteiger partial charge in [0.25, 0.3) is 0 Å². The Labute approximate surface area is 185 Å². The molecule has 2 aromatic carbocycles. The zero-order chi connectivity index (χ0) is 21.8. The molecule has 1 amide bonds. The van der Waals surface area contributed by atoms with Gasteiger partial charge < -0.3 is 11.1 Å². The van der Waals surface area contributed by atoms with Crippen molar-refractivity contribution < 1.29 is 4.79 Å². The Morgan fingerprint density at radius 3 is 2.68 bits per heavy atom. The number of anilines is 1. The Bertz CT molecular complexity index is 1070. The predicted octanol–water partition coefficient (Wildman–Crippen LogP) is 5.67. The van der Waals surface area contributed by atoms with Crippen LogP contribution in [0.4, 0.5) is 5.82 Å². The van der Waals surface area contributed by atoms with Gasteiger partial charge in [-0.15, -0.1) is 0 Å². The second-order valence-electron chi connectivity index (χ2n) is 9.11. The maximum Gasteiger partial charge on any atom is 0.223 e. The van der Waals surface area contributed by atoms with E-state index in [0.29, 0.717) is 18.2 Å². The summed E-state index contributed by atoms with van der Waals surface area (Å²) >= 11 is 0. The van der Waals surface area contributed by atoms with Gasteiger partial charge in [0, 0.05) is 17.8 Å². The smallest absolute Gasteiger partial charge is 0.223 e. The molecule has 4 rings (SSSR count). The van der Waals surface area contributed by atoms with Crippen LogP contribution in [-0.2, 0) is 11.2 Å². The molecule has 1 fully saturated rings. The molecule has 4 nitrogen and oxygen atoms in total. The average molecular weight is 416 g/mol. The number of hydrogen-bond acceptors (Lipinski definition) is 3. The molecule has 1 atom stereocenters. The first-order chi connectivity index (χ1) is 15.0. The first kappa shape index (κ1) is 21.4. The van der Waals surface area contributed by atoms with Gasteiger partial charge in [0.2, 0.25) is 5.91 Å². The lowest BCUT2D eigenvalue weighted by Gasteiger charge is -2.22. The van der Waals surface area contributed by atoms with E-state index in [1.165, 1.54) is 48.8 Å². The third-order valence-corrected chi connectivity index (χ3v) is 6.65. The average Bonchev–Trinajstić information content (AvgIpc) is 2.78. The normalized spacial score (nSPS) is 15.7. The van der Waals surface area contributed by atoms with E-state index in [0.717, 1.165) is 23.0 Å². The van der Waals surface area contributed by atoms with Gasteiger partial charge in [0.1, 0.15) is 5.82 Å². The van der Waals surface area contributed by atoms with Crippen LogP contribution in [0.2, 0.25) is 0 Å². The summed E-state index contributed by atoms with van der Waals surface area (Å²) in [6, 6.07) is 16.8. The molecule has 0 radical (unpaired) electrons. The van der Waals surface area contributed by atoms with Gasteiger partial charge >= 0.3 is 0 Å². The molecule has 1 aromatic heterocycles. The van der Waals surface area contributed by atoms with E-state index in [-0.39, 0.29) is 11.8 Å². The highest BCUT2D eigenvalue weighted by Crippen LogP contribution is 2.29. The minimum absolute atomic E-state index is 0.110. The van der Waals surface area contributed by atoms with Crippen LogP contribution in [0.5, 0.6) is 0 Å². The van der Waals surface area contributed by atoms with Crippen LogP contribution >= 0.6 is 0 Å². The molecule has 3 aromatic rings. The number of nitrogens with one attached hydrogen (secondary N) is 1. The third kappa shape index (κ3) is 5.07. The lowest BCUT2D eigenvalue weighted by atomic mass is 9.89. The van der Waals surface area contributed by atoms with Gasteiger partial charge in [0.05, 0.1) is 5.52 Å². The minimum atomic E-state index is -0.135. The monoisotopic (exact) mass is 415 g/mol. The molecule has 1 saturated carbocycles. The first-order valence-electron chi connectivity index (χ1n) is 11.5. The summed E-state index contributed by atoms with van der Waals surface area (Å²) in [6.45, 7) is 4.90. The highest BCUT2D eigenvalue weighted by atomic mass is 16.1. The van der Waals surface area contributed by atoms with E-state index in [4.69, 9.17) is 5.73 Å². The van der Waals surface area contributed by atoms with Crippen LogP contribution in [-0.4, -0.2) is 17.4 Å². The molecule has 3 N–H and O–H groups in total. The summed E-state index contributed by atoms with van der Waals surface area (Å²) in [5, 5.41) is 4.22. The molecule has 0 aliphatic heterocycles. The third-order valence-electron chi connectivity index (χ3n) is 6.65. The van der Waals surface area contributed by atoms with Crippen molar-refractivity contribution in [1.29, 1.82) is 0 Å². The second kappa shape index (κ2) is 9.51. The Balaban J connectivity index is 1.49. The Hall–Kier alpha value is -2.88. The van der Waals surface area contributed by atoms with Crippen molar-refractivity contribution in [2.24, 2.45) is 11.8 Å². The lowest BCUT2D eigenvalue weighted by molar-refractivity contribution is -0.124. The number of benzene rings is 2. The number of nitrogen functional groups attached to an aromatic ring is 1. The number of nitrogens with zero attached hydrogens (tertiary/aromatic N) is 1. The fourth-order valence-electron chi connectivity index (χ4n) is 4.70. The summed E-state index contributed by atoms with van der Waals surface area (Å²) in [6.07, 6.45) is 6.99. The molecule has 0 saturated heterocycles. The van der Waals surface area contributed by atoms with Crippen molar-refractivity contribution in [1.82, 2.24) is 10.3 Å². The number of carbonyl (C=O) groups excluding carboxylic acids is 1. The topological polar surface area (TPSA) is 68.0 Å². The van der Waals surface area contributed by atoms with Crippen molar-refractivity contribution in [2.45, 2.75) is 52.4 Å². The minimum Gasteiger partial charge on any atom is -0.383 e. The summed E-state index contributed by atoms with van der Waals surface area (Å²) in [5.41, 5.74) is 11.7. The van der Waals surface area contributed by atoms with Gasteiger partial charge in [-0.1, -0.05) is 56.5 Å². The summed E-state index contributed by atoms with van der Waals surface area (Å²) in [4.78, 5) is 17.3. The highest BCUT2D eigenvalue weighted by Gasteiger charge is 2.19. The van der Waals surface area contributed by atoms with E-state index < -0.39 is 0 Å². The fraction of sp³-hybridized carbons (Fsp3) is 0.407. The zero-order valence-electron chi connectivity index (χ0n) is 18.7. The van der Waals surface area contributed by atoms with Crippen molar-refractivity contribution >= 4 is 22.6 Å². The van der Waals surface area contributed by atoms with Gasteiger partial charge in [-0.25, -0.2) is 4.98 Å². The maximum absolute atomic E-state index is 12.7. The van der Waals surface area contributed by atoms with Gasteiger partial charge in [-0.05, 0) is 72.6 Å². The fourth-order valence-corrected chi connectivity index (χ4v) is 4.70. The number of nitrogens with two attached hydrogens (primary N) is 1. The quantitative estimate of drug-likeness (QED) is 0.545. The van der Waals surface area contributed by atoms with Crippen LogP contribution < -0.4 is 11.1 Å². The predicted molar refractivity (Wildman–Crippen MR) is 129 cm³/mol. The number of fused-ring (bicyclic) bond motifs is 1. The summed E-state index contributed by atoms with van der Waals surface area (Å²) in [7, 11) is 0. The number of aromatic nitrogens is 1. The molecule has 1 aliphatic carbocycles. The van der Waals surface area contributed by atoms with Gasteiger partial charge in [-0.3, -0.25) is 4.79 Å². The maximum atomic E-state index is 12.7. The molecule has 0 unspecified atom stereocenters. The van der Waals surface area contributed by atoms with Crippen molar-refractivity contribution in [3.63, 3.8) is 0 Å². The van der Waals surface area contributed by atoms with Crippen molar-refractivity contribution in [3.05, 3.63) is 59.7 Å². The van der Waals surface area contributed by atoms with Gasteiger partial charge in [-0.2, -0.15) is 0 Å². The summed E-state index contributed by atoms with van der Waals surface area (Å²) < 4.78 is 0. The van der Waals surface area contributed by atoms with Crippen LogP contribution in [0.25, 0.3) is 22.0 Å². The van der Waals surface area contributed by atoms with Crippen LogP contribution in [0.1, 0.15) is 50.2 Å². The molecule has 31 heavy (non-hydrogen) atoms. The number of amides is 1. The van der Waals surface area contributed by atoms with Crippen LogP contribution in [0.15, 0.2) is 48.5 Å². The number of rotatable bonds is 6. The zero-order valence-corrected chi connectivity index (χ0v) is 18.7. The Morgan fingerprint density at radius 2 is 1.90 bits per heavy atom. The second-order valence-corrected chi connectivity index (χ2v) is 9.11. The molecule has 4 heteroatoms. The van der Waals surface area contributed by atoms with Gasteiger partial charge in [0.15, 0.2) is 0 Å². The van der Waals surface area contributed by atoms with E-state index in [1.807, 2.05) is 13.0 Å². The number of carbonyl (C=O) groups is 1. The molecule has 1 heterocycles. The molecule has 0 bridgehead atoms. The van der Waals surface area contributed by atoms with Crippen LogP contribution in [0.3, 0.4) is 0 Å². The lowest BCUT2D eigenvalue weighted by Crippen LogP contribution is -2.34. The van der Waals surface area contributed by atoms with E-state index in [9.17, 15) is 4.79 Å². The van der Waals surface area contributed by atoms with Crippen molar-refractivity contribution in [3.8, 4) is 11.1 Å². The molecule has 1 aliphatic rings. The standard InChI is InChI=1S/C27H33N3O/c1-18-8-6-7-11-24(18)21-12-13-25-22(15-21)16-23(26(28)30-25)14-19(2)27(31)29-17-20-9-4-3-5-10-20/h6-8,11-13,15-16,19-20H,3-5,9-10,14,17H2,1-2H3,(H2,28,30)(H,29,31)/t19-/m1/s1. The van der Waals surface area contributed by atoms with E-state index in [2.05, 4.69) is 59.7 Å². The highest BCUT2D eigenvalue weighted by molar-refractivity contribution is 5.87. The molecule has 0 spiro atoms. The van der Waals surface area contributed by atoms with E-state index in [1.54, 1.807) is 0 Å². The number of aryl methyl sites for hydroxylation is 1. The Morgan fingerprint density at radius 1 is 1.13 bits per heavy atom. The van der Waals surface area contributed by atoms with Crippen molar-refractivity contribution in [2.75, 3.05) is 12.3 Å². The molecular formula is C27H33N3O. The Kier molecular flexibility index (Phi) is 6.55. The SMILES string of the molecule is Cc1ccccc1-c1ccc2nc(N)c(C[C@@H](C)C(=O)NCC3CCCCC3)cc2c1. The number of pyridine rings is 1. The first-order valence-corrected chi connectivity index (χ1v) is 11.5.